The fourth-order valence-corrected chi connectivity index (χ4v) is 11.6. The highest BCUT2D eigenvalue weighted by Crippen LogP contribution is 2.63. The first-order valence-corrected chi connectivity index (χ1v) is 22.0. The summed E-state index contributed by atoms with van der Waals surface area (Å²) in [7, 11) is -11.9. The van der Waals surface area contributed by atoms with Crippen LogP contribution in [0.3, 0.4) is 0 Å². The highest BCUT2D eigenvalue weighted by atomic mass is 32.2. The smallest absolute Gasteiger partial charge is 0.403 e. The third-order valence-corrected chi connectivity index (χ3v) is 14.6. The Morgan fingerprint density at radius 3 is 0.984 bits per heavy atom. The van der Waals surface area contributed by atoms with Crippen molar-refractivity contribution in [3.8, 4) is 44.9 Å². The molecule has 0 radical (unpaired) electrons. The van der Waals surface area contributed by atoms with Crippen LogP contribution in [0.25, 0.3) is 98.0 Å². The van der Waals surface area contributed by atoms with Gasteiger partial charge in [-0.3, -0.25) is 0 Å². The second-order valence-electron chi connectivity index (χ2n) is 14.8. The van der Waals surface area contributed by atoms with Crippen LogP contribution in [-0.4, -0.2) is 13.9 Å². The number of benzene rings is 10. The maximum absolute atomic E-state index is 15.5. The molecule has 6 nitrogen and oxygen atoms in total. The van der Waals surface area contributed by atoms with Crippen molar-refractivity contribution in [2.24, 2.45) is 0 Å². The Balaban J connectivity index is 0.00000445. The Morgan fingerprint density at radius 2 is 0.689 bits per heavy atom. The summed E-state index contributed by atoms with van der Waals surface area (Å²) >= 11 is 0. The lowest BCUT2D eigenvalue weighted by Crippen LogP contribution is -2.36. The van der Waals surface area contributed by atoms with Crippen molar-refractivity contribution < 1.29 is 35.2 Å². The molecule has 0 fully saturated rings. The molecule has 0 spiro atoms. The first kappa shape index (κ1) is 38.8. The van der Waals surface area contributed by atoms with Gasteiger partial charge in [0.15, 0.2) is 0 Å². The third kappa shape index (κ3) is 6.14. The van der Waals surface area contributed by atoms with E-state index in [1.165, 1.54) is 4.49 Å². The zero-order valence-corrected chi connectivity index (χ0v) is 34.4. The molecule has 11 rings (SSSR count). The molecule has 10 aromatic carbocycles. The molecule has 61 heavy (non-hydrogen) atoms. The maximum Gasteiger partial charge on any atom is 0.526 e. The number of nitrogens with one attached hydrogen (secondary N) is 1. The molecule has 12 heteroatoms. The first-order chi connectivity index (χ1) is 29.0. The molecule has 0 atom stereocenters. The average Bonchev–Trinajstić information content (AvgIpc) is 3.38. The van der Waals surface area contributed by atoms with Crippen LogP contribution in [0.4, 0.5) is 13.2 Å². The minimum absolute atomic E-state index is 0. The van der Waals surface area contributed by atoms with Gasteiger partial charge in [-0.05, 0) is 88.9 Å². The van der Waals surface area contributed by atoms with Gasteiger partial charge < -0.3 is 9.05 Å². The minimum atomic E-state index is -6.32. The van der Waals surface area contributed by atoms with Crippen molar-refractivity contribution >= 4 is 95.9 Å². The van der Waals surface area contributed by atoms with Crippen LogP contribution < -0.4 is 13.5 Å². The summed E-state index contributed by atoms with van der Waals surface area (Å²) < 4.78 is 99.1. The van der Waals surface area contributed by atoms with E-state index in [4.69, 9.17) is 9.05 Å². The van der Waals surface area contributed by atoms with Crippen LogP contribution in [0.1, 0.15) is 0 Å². The third-order valence-electron chi connectivity index (χ3n) is 11.3. The molecule has 1 N–H and O–H groups in total. The molecule has 0 saturated carbocycles. The number of hydrogen-bond acceptors (Lipinski definition) is 5. The van der Waals surface area contributed by atoms with E-state index in [2.05, 4.69) is 0 Å². The average molecular weight is 866 g/mol. The standard InChI is InChI=1S/C49H29F3NO5PS.H2S/c50-49(51,52)60(55,56)53-59(54)57-47-41(43-35-19-7-1-13-29(35)25-30-14-2-8-20-36(30)43)27-33-17-5-11-23-39(33)45(47)46-40-24-12-6-18-34(40)28-42(48(46)58-59)44-37-21-9-3-15-31(37)26-32-16-4-10-22-38(32)44;/h1-28H,(H,53,54);1H2. The largest absolute Gasteiger partial charge is 0.526 e. The predicted molar refractivity (Wildman–Crippen MR) is 245 cm³/mol. The number of hydrogen-bond donors (Lipinski definition) is 1. The molecule has 300 valence electrons. The van der Waals surface area contributed by atoms with Crippen LogP contribution in [0.5, 0.6) is 11.5 Å². The van der Waals surface area contributed by atoms with Crippen molar-refractivity contribution in [3.05, 3.63) is 170 Å². The number of halogens is 3. The summed E-state index contributed by atoms with van der Waals surface area (Å²) in [6.45, 7) is 0. The zero-order valence-electron chi connectivity index (χ0n) is 31.7. The molecule has 0 unspecified atom stereocenters. The Hall–Kier alpha value is -6.36. The molecule has 0 amide bonds. The van der Waals surface area contributed by atoms with E-state index in [1.54, 1.807) is 0 Å². The molecule has 0 bridgehead atoms. The topological polar surface area (TPSA) is 81.7 Å². The summed E-state index contributed by atoms with van der Waals surface area (Å²) in [4.78, 5) is 0. The summed E-state index contributed by atoms with van der Waals surface area (Å²) in [6.07, 6.45) is 0. The molecule has 1 heterocycles. The van der Waals surface area contributed by atoms with Gasteiger partial charge in [-0.15, -0.1) is 0 Å². The molecule has 10 aromatic rings. The fraction of sp³-hybridized carbons (Fsp3) is 0.0204. The van der Waals surface area contributed by atoms with Gasteiger partial charge in [0.25, 0.3) is 0 Å². The van der Waals surface area contributed by atoms with E-state index < -0.39 is 23.3 Å². The summed E-state index contributed by atoms with van der Waals surface area (Å²) in [5.41, 5.74) is -3.04. The summed E-state index contributed by atoms with van der Waals surface area (Å²) in [5.74, 6) is -0.209. The highest BCUT2D eigenvalue weighted by Gasteiger charge is 2.53. The summed E-state index contributed by atoms with van der Waals surface area (Å²) in [5, 5.41) is 9.35. The van der Waals surface area contributed by atoms with Gasteiger partial charge in [-0.2, -0.15) is 26.7 Å². The lowest BCUT2D eigenvalue weighted by atomic mass is 9.83. The number of sulfonamides is 1. The second kappa shape index (κ2) is 14.1. The molecule has 0 aromatic heterocycles. The number of alkyl halides is 3. The van der Waals surface area contributed by atoms with Crippen molar-refractivity contribution in [1.29, 1.82) is 0 Å². The van der Waals surface area contributed by atoms with Gasteiger partial charge in [0.2, 0.25) is 0 Å². The van der Waals surface area contributed by atoms with E-state index in [1.807, 2.05) is 170 Å². The van der Waals surface area contributed by atoms with Crippen molar-refractivity contribution in [1.82, 2.24) is 4.49 Å². The van der Waals surface area contributed by atoms with Crippen LogP contribution in [0.15, 0.2) is 170 Å². The number of fused-ring (bicyclic) bond motifs is 11. The second-order valence-corrected chi connectivity index (χ2v) is 18.4. The monoisotopic (exact) mass is 865 g/mol. The summed E-state index contributed by atoms with van der Waals surface area (Å²) in [6, 6.07) is 53.5. The maximum atomic E-state index is 15.5. The fourth-order valence-electron chi connectivity index (χ4n) is 8.82. The van der Waals surface area contributed by atoms with E-state index in [0.717, 1.165) is 53.9 Å². The minimum Gasteiger partial charge on any atom is -0.403 e. The SMILES string of the molecule is O=P1(NS(=O)(=O)C(F)(F)F)Oc2c(-c3c4ccccc4cc4ccccc34)cc3ccccc3c2-c2c(c(-c3c4ccccc4cc4ccccc34)cc3ccccc23)O1.S. The molecular weight excluding hydrogens is 835 g/mol. The Labute approximate surface area is 354 Å². The quantitative estimate of drug-likeness (QED) is 0.141. The normalized spacial score (nSPS) is 13.7. The lowest BCUT2D eigenvalue weighted by molar-refractivity contribution is -0.0443. The van der Waals surface area contributed by atoms with E-state index in [0.29, 0.717) is 44.2 Å². The molecule has 1 aliphatic heterocycles. The van der Waals surface area contributed by atoms with Crippen molar-refractivity contribution in [2.45, 2.75) is 5.51 Å². The van der Waals surface area contributed by atoms with E-state index >= 15 is 4.57 Å². The Morgan fingerprint density at radius 1 is 0.426 bits per heavy atom. The molecule has 1 aliphatic rings. The van der Waals surface area contributed by atoms with Gasteiger partial charge in [0, 0.05) is 33.4 Å². The van der Waals surface area contributed by atoms with Gasteiger partial charge in [0.05, 0.1) is 0 Å². The molecule has 0 aliphatic carbocycles. The molecule has 0 saturated heterocycles. The van der Waals surface area contributed by atoms with Crippen LogP contribution in [-0.2, 0) is 14.6 Å². The van der Waals surface area contributed by atoms with Crippen molar-refractivity contribution in [2.75, 3.05) is 0 Å². The lowest BCUT2D eigenvalue weighted by Gasteiger charge is -2.23. The van der Waals surface area contributed by atoms with Gasteiger partial charge in [-0.25, -0.2) is 13.0 Å². The molecular formula is C49H31F3NO5PS2. The van der Waals surface area contributed by atoms with Gasteiger partial charge in [0.1, 0.15) is 11.5 Å². The highest BCUT2D eigenvalue weighted by molar-refractivity contribution is 7.95. The number of rotatable bonds is 4. The van der Waals surface area contributed by atoms with Crippen LogP contribution in [0.2, 0.25) is 0 Å². The predicted octanol–water partition coefficient (Wildman–Crippen LogP) is 14.0. The van der Waals surface area contributed by atoms with Crippen LogP contribution >= 0.6 is 21.2 Å². The van der Waals surface area contributed by atoms with E-state index in [9.17, 15) is 21.6 Å². The van der Waals surface area contributed by atoms with E-state index in [-0.39, 0.29) is 25.0 Å². The van der Waals surface area contributed by atoms with Crippen LogP contribution in [0, 0.1) is 0 Å². The zero-order chi connectivity index (χ0) is 41.0. The van der Waals surface area contributed by atoms with Gasteiger partial charge >= 0.3 is 23.3 Å². The Kier molecular flexibility index (Phi) is 8.98. The Bertz CT molecular complexity index is 3330. The van der Waals surface area contributed by atoms with Gasteiger partial charge in [-0.1, -0.05) is 150 Å². The van der Waals surface area contributed by atoms with Crippen molar-refractivity contribution in [3.63, 3.8) is 0 Å². The first-order valence-electron chi connectivity index (χ1n) is 19.0.